The molecule has 0 bridgehead atoms. The molecule has 0 N–H and O–H groups in total. The molecule has 64 valence electrons. The maximum Gasteiger partial charge on any atom is 0.0783 e. The Hall–Kier alpha value is -0.300. The highest BCUT2D eigenvalue weighted by Gasteiger charge is 2.17. The molecule has 0 aromatic rings. The van der Waals surface area contributed by atoms with Crippen molar-refractivity contribution in [1.82, 2.24) is 0 Å². The zero-order valence-corrected chi connectivity index (χ0v) is 7.44. The van der Waals surface area contributed by atoms with E-state index in [4.69, 9.17) is 4.74 Å². The summed E-state index contributed by atoms with van der Waals surface area (Å²) < 4.78 is 5.51. The van der Waals surface area contributed by atoms with Crippen molar-refractivity contribution in [3.05, 3.63) is 12.2 Å². The minimum atomic E-state index is 0.390. The molecule has 1 aliphatic rings. The zero-order chi connectivity index (χ0) is 8.10. The largest absolute Gasteiger partial charge is 0.374 e. The third-order valence-electron chi connectivity index (χ3n) is 2.24. The molecule has 1 aliphatic heterocycles. The molecule has 1 heteroatoms. The molecule has 0 aromatic carbocycles. The van der Waals surface area contributed by atoms with Gasteiger partial charge in [0.05, 0.1) is 6.10 Å². The van der Waals surface area contributed by atoms with E-state index in [2.05, 4.69) is 13.5 Å². The monoisotopic (exact) mass is 154 g/mol. The average Bonchev–Trinajstić information content (AvgIpc) is 2.52. The predicted molar refractivity (Wildman–Crippen MR) is 47.6 cm³/mol. The van der Waals surface area contributed by atoms with Crippen LogP contribution in [-0.2, 0) is 4.74 Å². The Labute approximate surface area is 69.4 Å². The summed E-state index contributed by atoms with van der Waals surface area (Å²) in [6, 6.07) is 0. The van der Waals surface area contributed by atoms with Gasteiger partial charge >= 0.3 is 0 Å². The van der Waals surface area contributed by atoms with Crippen LogP contribution >= 0.6 is 0 Å². The molecule has 0 saturated carbocycles. The molecule has 1 rings (SSSR count). The molecule has 1 saturated heterocycles. The average molecular weight is 154 g/mol. The standard InChI is InChI=1S/C10H18O/c1-3-4-6-9(2)10-7-5-8-11-10/h10H,2-8H2,1H3. The molecular weight excluding hydrogens is 136 g/mol. The fourth-order valence-corrected chi connectivity index (χ4v) is 1.46. The van der Waals surface area contributed by atoms with Gasteiger partial charge < -0.3 is 4.74 Å². The van der Waals surface area contributed by atoms with Crippen LogP contribution in [0.5, 0.6) is 0 Å². The van der Waals surface area contributed by atoms with Gasteiger partial charge in [0.25, 0.3) is 0 Å². The lowest BCUT2D eigenvalue weighted by molar-refractivity contribution is 0.134. The fourth-order valence-electron chi connectivity index (χ4n) is 1.46. The molecule has 0 amide bonds. The topological polar surface area (TPSA) is 9.23 Å². The van der Waals surface area contributed by atoms with E-state index in [0.717, 1.165) is 13.0 Å². The van der Waals surface area contributed by atoms with Gasteiger partial charge in [-0.15, -0.1) is 0 Å². The van der Waals surface area contributed by atoms with Crippen molar-refractivity contribution in [1.29, 1.82) is 0 Å². The second-order valence-corrected chi connectivity index (χ2v) is 3.26. The Kier molecular flexibility index (Phi) is 3.64. The van der Waals surface area contributed by atoms with Crippen LogP contribution in [0.1, 0.15) is 39.0 Å². The molecule has 1 fully saturated rings. The van der Waals surface area contributed by atoms with Gasteiger partial charge in [-0.1, -0.05) is 19.9 Å². The third kappa shape index (κ3) is 2.66. The summed E-state index contributed by atoms with van der Waals surface area (Å²) in [4.78, 5) is 0. The van der Waals surface area contributed by atoms with Gasteiger partial charge in [0.15, 0.2) is 0 Å². The molecule has 1 heterocycles. The molecule has 0 aliphatic carbocycles. The first-order chi connectivity index (χ1) is 5.34. The van der Waals surface area contributed by atoms with E-state index in [1.165, 1.54) is 31.3 Å². The van der Waals surface area contributed by atoms with Gasteiger partial charge in [0.1, 0.15) is 0 Å². The fraction of sp³-hybridized carbons (Fsp3) is 0.800. The van der Waals surface area contributed by atoms with Gasteiger partial charge in [-0.25, -0.2) is 0 Å². The smallest absolute Gasteiger partial charge is 0.0783 e. The normalized spacial score (nSPS) is 23.9. The van der Waals surface area contributed by atoms with Crippen molar-refractivity contribution in [2.45, 2.75) is 45.1 Å². The predicted octanol–water partition coefficient (Wildman–Crippen LogP) is 2.91. The van der Waals surface area contributed by atoms with Crippen LogP contribution < -0.4 is 0 Å². The van der Waals surface area contributed by atoms with Crippen LogP contribution in [0.25, 0.3) is 0 Å². The second-order valence-electron chi connectivity index (χ2n) is 3.26. The quantitative estimate of drug-likeness (QED) is 0.566. The number of hydrogen-bond donors (Lipinski definition) is 0. The van der Waals surface area contributed by atoms with Gasteiger partial charge in [-0.3, -0.25) is 0 Å². The minimum absolute atomic E-state index is 0.390. The van der Waals surface area contributed by atoms with E-state index < -0.39 is 0 Å². The van der Waals surface area contributed by atoms with Crippen LogP contribution in [0.2, 0.25) is 0 Å². The van der Waals surface area contributed by atoms with Crippen LogP contribution in [0.15, 0.2) is 12.2 Å². The molecule has 11 heavy (non-hydrogen) atoms. The Morgan fingerprint density at radius 2 is 2.45 bits per heavy atom. The first kappa shape index (κ1) is 8.79. The first-order valence-corrected chi connectivity index (χ1v) is 4.64. The van der Waals surface area contributed by atoms with Crippen molar-refractivity contribution < 1.29 is 4.74 Å². The molecule has 0 spiro atoms. The van der Waals surface area contributed by atoms with Crippen molar-refractivity contribution in [3.8, 4) is 0 Å². The summed E-state index contributed by atoms with van der Waals surface area (Å²) in [5.74, 6) is 0. The molecule has 1 atom stereocenters. The highest BCUT2D eigenvalue weighted by molar-refractivity contribution is 5.03. The summed E-state index contributed by atoms with van der Waals surface area (Å²) in [5.41, 5.74) is 1.31. The molecule has 1 nitrogen and oxygen atoms in total. The maximum absolute atomic E-state index is 5.51. The summed E-state index contributed by atoms with van der Waals surface area (Å²) in [5, 5.41) is 0. The minimum Gasteiger partial charge on any atom is -0.374 e. The Balaban J connectivity index is 2.17. The van der Waals surface area contributed by atoms with E-state index in [1.54, 1.807) is 0 Å². The lowest BCUT2D eigenvalue weighted by Gasteiger charge is -2.11. The Morgan fingerprint density at radius 1 is 1.64 bits per heavy atom. The second kappa shape index (κ2) is 4.55. The van der Waals surface area contributed by atoms with Gasteiger partial charge in [-0.05, 0) is 31.3 Å². The highest BCUT2D eigenvalue weighted by atomic mass is 16.5. The first-order valence-electron chi connectivity index (χ1n) is 4.64. The van der Waals surface area contributed by atoms with E-state index in [0.29, 0.717) is 6.10 Å². The highest BCUT2D eigenvalue weighted by Crippen LogP contribution is 2.21. The van der Waals surface area contributed by atoms with Crippen LogP contribution in [-0.4, -0.2) is 12.7 Å². The Morgan fingerprint density at radius 3 is 3.00 bits per heavy atom. The Bertz CT molecular complexity index is 123. The lowest BCUT2D eigenvalue weighted by atomic mass is 10.0. The van der Waals surface area contributed by atoms with Crippen molar-refractivity contribution in [2.24, 2.45) is 0 Å². The number of ether oxygens (including phenoxy) is 1. The van der Waals surface area contributed by atoms with Gasteiger partial charge in [-0.2, -0.15) is 0 Å². The van der Waals surface area contributed by atoms with Gasteiger partial charge in [0.2, 0.25) is 0 Å². The summed E-state index contributed by atoms with van der Waals surface area (Å²) in [6.45, 7) is 7.20. The number of hydrogen-bond acceptors (Lipinski definition) is 1. The molecule has 0 aromatic heterocycles. The lowest BCUT2D eigenvalue weighted by Crippen LogP contribution is -2.07. The molecule has 1 unspecified atom stereocenters. The van der Waals surface area contributed by atoms with Crippen LogP contribution in [0.3, 0.4) is 0 Å². The van der Waals surface area contributed by atoms with E-state index >= 15 is 0 Å². The van der Waals surface area contributed by atoms with Gasteiger partial charge in [0, 0.05) is 6.61 Å². The SMILES string of the molecule is C=C(CCCC)C1CCCO1. The third-order valence-corrected chi connectivity index (χ3v) is 2.24. The molecule has 0 radical (unpaired) electrons. The van der Waals surface area contributed by atoms with Crippen LogP contribution in [0, 0.1) is 0 Å². The van der Waals surface area contributed by atoms with Crippen molar-refractivity contribution >= 4 is 0 Å². The summed E-state index contributed by atoms with van der Waals surface area (Å²) in [7, 11) is 0. The van der Waals surface area contributed by atoms with E-state index in [1.807, 2.05) is 0 Å². The summed E-state index contributed by atoms with van der Waals surface area (Å²) in [6.07, 6.45) is 6.48. The summed E-state index contributed by atoms with van der Waals surface area (Å²) >= 11 is 0. The number of unbranched alkanes of at least 4 members (excludes halogenated alkanes) is 1. The van der Waals surface area contributed by atoms with Crippen molar-refractivity contribution in [2.75, 3.05) is 6.61 Å². The maximum atomic E-state index is 5.51. The zero-order valence-electron chi connectivity index (χ0n) is 7.44. The van der Waals surface area contributed by atoms with E-state index in [-0.39, 0.29) is 0 Å². The van der Waals surface area contributed by atoms with Crippen LogP contribution in [0.4, 0.5) is 0 Å². The molecular formula is C10H18O. The van der Waals surface area contributed by atoms with Crippen molar-refractivity contribution in [3.63, 3.8) is 0 Å². The van der Waals surface area contributed by atoms with E-state index in [9.17, 15) is 0 Å². The number of rotatable bonds is 4.